The van der Waals surface area contributed by atoms with Crippen LogP contribution >= 0.6 is 7.75 Å². The van der Waals surface area contributed by atoms with Gasteiger partial charge in [-0.25, -0.2) is 29.0 Å². The zero-order valence-electron chi connectivity index (χ0n) is 46.9. The van der Waals surface area contributed by atoms with Gasteiger partial charge < -0.3 is 43.8 Å². The summed E-state index contributed by atoms with van der Waals surface area (Å²) in [6, 6.07) is 42.0. The van der Waals surface area contributed by atoms with Crippen molar-refractivity contribution in [2.24, 2.45) is 5.92 Å². The van der Waals surface area contributed by atoms with Crippen molar-refractivity contribution in [1.29, 1.82) is 0 Å². The van der Waals surface area contributed by atoms with Crippen molar-refractivity contribution in [3.63, 3.8) is 0 Å². The summed E-state index contributed by atoms with van der Waals surface area (Å²) in [6.45, 7) is 3.10. The molecular formula is C60H64N9O13P. The van der Waals surface area contributed by atoms with E-state index in [1.54, 1.807) is 102 Å². The van der Waals surface area contributed by atoms with E-state index in [1.165, 1.54) is 35.2 Å². The van der Waals surface area contributed by atoms with E-state index in [4.69, 9.17) is 42.2 Å². The van der Waals surface area contributed by atoms with Gasteiger partial charge in [0, 0.05) is 43.0 Å². The smallest absolute Gasteiger partial charge is 0.408 e. The van der Waals surface area contributed by atoms with Crippen molar-refractivity contribution in [1.82, 2.24) is 33.7 Å². The zero-order chi connectivity index (χ0) is 58.4. The molecular weight excluding hydrogens is 1090 g/mol. The minimum absolute atomic E-state index is 0.0461. The molecule has 2 aliphatic heterocycles. The molecule has 22 nitrogen and oxygen atoms in total. The number of rotatable bonds is 22. The number of ether oxygens (including phenoxy) is 7. The van der Waals surface area contributed by atoms with Crippen LogP contribution in [0, 0.1) is 12.8 Å². The van der Waals surface area contributed by atoms with E-state index < -0.39 is 67.9 Å². The van der Waals surface area contributed by atoms with Crippen molar-refractivity contribution in [3.05, 3.63) is 202 Å². The van der Waals surface area contributed by atoms with E-state index in [9.17, 15) is 14.4 Å². The van der Waals surface area contributed by atoms with Gasteiger partial charge in [0.25, 0.3) is 11.8 Å². The number of benzene rings is 5. The average Bonchev–Trinajstić information content (AvgIpc) is 3.84. The van der Waals surface area contributed by atoms with Crippen molar-refractivity contribution < 1.29 is 56.4 Å². The Labute approximate surface area is 479 Å². The van der Waals surface area contributed by atoms with Gasteiger partial charge in [-0.05, 0) is 86.2 Å². The fourth-order valence-electron chi connectivity index (χ4n) is 10.4. The monoisotopic (exact) mass is 1150 g/mol. The van der Waals surface area contributed by atoms with Gasteiger partial charge in [-0.3, -0.25) is 27.8 Å². The van der Waals surface area contributed by atoms with Crippen molar-refractivity contribution >= 4 is 42.4 Å². The Morgan fingerprint density at radius 1 is 0.651 bits per heavy atom. The Hall–Kier alpha value is -8.02. The molecule has 432 valence electrons. The molecule has 3 unspecified atom stereocenters. The molecule has 2 N–H and O–H groups in total. The third-order valence-electron chi connectivity index (χ3n) is 14.9. The zero-order valence-corrected chi connectivity index (χ0v) is 47.8. The number of aromatic nitrogens is 6. The van der Waals surface area contributed by atoms with Gasteiger partial charge in [0.05, 0.1) is 39.9 Å². The van der Waals surface area contributed by atoms with Crippen molar-refractivity contribution in [2.75, 3.05) is 66.4 Å². The van der Waals surface area contributed by atoms with Crippen LogP contribution in [0.3, 0.4) is 0 Å². The number of aryl methyl sites for hydroxylation is 1. The number of carbonyl (C=O) groups excluding carboxylic acids is 2. The second-order valence-corrected chi connectivity index (χ2v) is 22.2. The van der Waals surface area contributed by atoms with Crippen LogP contribution in [0.5, 0.6) is 11.5 Å². The topological polar surface area (TPSA) is 240 Å². The number of carbonyl (C=O) groups is 2. The van der Waals surface area contributed by atoms with Crippen LogP contribution in [0.2, 0.25) is 0 Å². The Balaban J connectivity index is 0.978. The molecule has 2 amide bonds. The Kier molecular flexibility index (Phi) is 17.7. The maximum Gasteiger partial charge on any atom is 0.408 e. The van der Waals surface area contributed by atoms with Crippen LogP contribution in [0.25, 0.3) is 11.2 Å². The van der Waals surface area contributed by atoms with Crippen LogP contribution in [0.1, 0.15) is 62.3 Å². The number of nitrogens with one attached hydrogen (secondary N) is 2. The summed E-state index contributed by atoms with van der Waals surface area (Å²) in [5.74, 6) is 0.304. The second kappa shape index (κ2) is 25.2. The predicted molar refractivity (Wildman–Crippen MR) is 306 cm³/mol. The number of anilines is 2. The van der Waals surface area contributed by atoms with Gasteiger partial charge in [-0.15, -0.1) is 0 Å². The quantitative estimate of drug-likeness (QED) is 0.0478. The highest BCUT2D eigenvalue weighted by Crippen LogP contribution is 2.55. The molecule has 83 heavy (non-hydrogen) atoms. The van der Waals surface area contributed by atoms with Gasteiger partial charge in [0.2, 0.25) is 0 Å². The number of hydrogen-bond donors (Lipinski definition) is 2. The molecule has 0 saturated carbocycles. The molecule has 0 bridgehead atoms. The van der Waals surface area contributed by atoms with E-state index in [0.717, 1.165) is 16.7 Å². The Morgan fingerprint density at radius 2 is 1.18 bits per heavy atom. The number of methoxy groups -OCH3 is 4. The SMILES string of the molecule is COc1ccc(C(OC[C@H]2O[C@@H](n3cc(C)c(NC(=O)c4ccccc4)nc3=O)[C@@H](OC)C2OP(=O)(OC[C@H]2O[C@@H](n3cnc4c(NC(=O)c5ccccc5)ncnc43)[C@@H](OC)C2C)N(C)C)(c2ccccc2)c2ccc(OC)cc2)cc1. The maximum atomic E-state index is 15.6. The highest BCUT2D eigenvalue weighted by atomic mass is 31.2. The first-order valence-corrected chi connectivity index (χ1v) is 28.2. The highest BCUT2D eigenvalue weighted by Gasteiger charge is 2.53. The lowest BCUT2D eigenvalue weighted by Gasteiger charge is -2.37. The molecule has 2 aliphatic rings. The van der Waals surface area contributed by atoms with Crippen molar-refractivity contribution in [2.45, 2.75) is 62.4 Å². The molecule has 8 aromatic rings. The van der Waals surface area contributed by atoms with Crippen molar-refractivity contribution in [3.8, 4) is 11.5 Å². The molecule has 5 aromatic carbocycles. The molecule has 5 heterocycles. The number of amides is 2. The summed E-state index contributed by atoms with van der Waals surface area (Å²) in [5, 5.41) is 5.59. The van der Waals surface area contributed by atoms with Gasteiger partial charge in [-0.2, -0.15) is 4.98 Å². The van der Waals surface area contributed by atoms with E-state index in [0.29, 0.717) is 39.4 Å². The first-order valence-electron chi connectivity index (χ1n) is 26.7. The molecule has 9 atom stereocenters. The summed E-state index contributed by atoms with van der Waals surface area (Å²) < 4.78 is 77.6. The minimum Gasteiger partial charge on any atom is -0.497 e. The lowest BCUT2D eigenvalue weighted by molar-refractivity contribution is -0.0965. The lowest BCUT2D eigenvalue weighted by atomic mass is 9.80. The third-order valence-corrected chi connectivity index (χ3v) is 16.9. The highest BCUT2D eigenvalue weighted by molar-refractivity contribution is 7.51. The molecule has 0 aliphatic carbocycles. The first kappa shape index (κ1) is 58.2. The Bertz CT molecular complexity index is 3590. The van der Waals surface area contributed by atoms with Gasteiger partial charge >= 0.3 is 13.4 Å². The number of hydrogen-bond acceptors (Lipinski definition) is 17. The standard InChI is InChI=1S/C60H64N9O13P/c1-37-32-68(59(72)66-52(37)64-55(70)39-18-12-9-13-19-39)58-51(77-8)50(47(81-58)33-78-60(41-22-16-11-17-23-41,42-24-28-44(74-5)29-25-42)43-26-30-45(75-6)31-27-43)82-83(73,67(3)4)79-34-46-38(2)49(76-7)57(80-46)69-36-63-48-53(61-35-62-54(48)69)65-56(71)40-20-14-10-15-21-40/h9-32,35-36,38,46-47,49-51,57-58H,33-34H2,1-8H3,(H,61,62,65,71)(H,64,66,70,72)/t38?,46-,47-,49+,50?,51+,57-,58-,83?/m1/s1. The van der Waals surface area contributed by atoms with E-state index >= 15 is 4.57 Å². The largest absolute Gasteiger partial charge is 0.497 e. The van der Waals surface area contributed by atoms with E-state index in [1.807, 2.05) is 91.9 Å². The second-order valence-electron chi connectivity index (χ2n) is 20.0. The normalized spacial score (nSPS) is 21.4. The fourth-order valence-corrected chi connectivity index (χ4v) is 11.8. The summed E-state index contributed by atoms with van der Waals surface area (Å²) in [6.07, 6.45) is -2.61. The summed E-state index contributed by atoms with van der Waals surface area (Å²) in [4.78, 5) is 58.4. The molecule has 10 rings (SSSR count). The Morgan fingerprint density at radius 3 is 1.73 bits per heavy atom. The van der Waals surface area contributed by atoms with Gasteiger partial charge in [-0.1, -0.05) is 97.9 Å². The maximum absolute atomic E-state index is 15.6. The van der Waals surface area contributed by atoms with Gasteiger partial charge in [0.15, 0.2) is 29.4 Å². The molecule has 2 fully saturated rings. The predicted octanol–water partition coefficient (Wildman–Crippen LogP) is 8.45. The first-order chi connectivity index (χ1) is 40.2. The van der Waals surface area contributed by atoms with E-state index in [-0.39, 0.29) is 36.7 Å². The summed E-state index contributed by atoms with van der Waals surface area (Å²) >= 11 is 0. The molecule has 0 radical (unpaired) electrons. The third kappa shape index (κ3) is 11.8. The average molecular weight is 1150 g/mol. The van der Waals surface area contributed by atoms with Crippen LogP contribution in [0.15, 0.2) is 163 Å². The molecule has 2 saturated heterocycles. The van der Waals surface area contributed by atoms with Crippen LogP contribution < -0.4 is 25.8 Å². The summed E-state index contributed by atoms with van der Waals surface area (Å²) in [7, 11) is 4.87. The molecule has 23 heteroatoms. The number of nitrogens with zero attached hydrogens (tertiary/aromatic N) is 7. The van der Waals surface area contributed by atoms with Crippen LogP contribution in [0.4, 0.5) is 11.6 Å². The molecule has 3 aromatic heterocycles. The fraction of sp³-hybridized carbons (Fsp3) is 0.317. The lowest BCUT2D eigenvalue weighted by Crippen LogP contribution is -2.42. The minimum atomic E-state index is -4.41. The van der Waals surface area contributed by atoms with E-state index in [2.05, 4.69) is 30.6 Å². The number of fused-ring (bicyclic) bond motifs is 1. The summed E-state index contributed by atoms with van der Waals surface area (Å²) in [5.41, 5.74) is 2.00. The van der Waals surface area contributed by atoms with Crippen LogP contribution in [-0.4, -0.2) is 132 Å². The number of imidazole rings is 1. The van der Waals surface area contributed by atoms with Gasteiger partial charge in [0.1, 0.15) is 53.7 Å². The van der Waals surface area contributed by atoms with Crippen LogP contribution in [-0.2, 0) is 42.9 Å². The molecule has 0 spiro atoms.